The summed E-state index contributed by atoms with van der Waals surface area (Å²) in [5.74, 6) is 0.357. The van der Waals surface area contributed by atoms with Gasteiger partial charge in [-0.1, -0.05) is 38.5 Å². The van der Waals surface area contributed by atoms with Crippen molar-refractivity contribution in [2.45, 2.75) is 53.4 Å². The Bertz CT molecular complexity index is 307. The Morgan fingerprint density at radius 3 is 2.69 bits per heavy atom. The van der Waals surface area contributed by atoms with Gasteiger partial charge < -0.3 is 4.79 Å². The summed E-state index contributed by atoms with van der Waals surface area (Å²) in [7, 11) is 0. The van der Waals surface area contributed by atoms with E-state index in [9.17, 15) is 4.79 Å². The van der Waals surface area contributed by atoms with Crippen molar-refractivity contribution in [3.05, 3.63) is 23.3 Å². The third-order valence-corrected chi connectivity index (χ3v) is 3.60. The highest BCUT2D eigenvalue weighted by atomic mass is 16.1. The molecule has 0 spiro atoms. The van der Waals surface area contributed by atoms with Crippen molar-refractivity contribution in [3.63, 3.8) is 0 Å². The molecule has 0 aromatic rings. The molecule has 0 N–H and O–H groups in total. The van der Waals surface area contributed by atoms with Crippen molar-refractivity contribution >= 4 is 6.29 Å². The standard InChI is InChI=1S/C15H24O/c1-12(9-11-16)7-8-14-13(2)6-5-10-15(14,3)4/h7-8,11-12H,5-6,9-10H2,1-4H3/b8-7+/t12-/m0/s1. The van der Waals surface area contributed by atoms with Gasteiger partial charge in [0.05, 0.1) is 0 Å². The van der Waals surface area contributed by atoms with Crippen LogP contribution >= 0.6 is 0 Å². The Labute approximate surface area is 99.6 Å². The van der Waals surface area contributed by atoms with Crippen molar-refractivity contribution in [2.24, 2.45) is 11.3 Å². The second-order valence-electron chi connectivity index (χ2n) is 5.67. The van der Waals surface area contributed by atoms with Gasteiger partial charge in [-0.25, -0.2) is 0 Å². The van der Waals surface area contributed by atoms with Crippen LogP contribution in [0.4, 0.5) is 0 Å². The molecule has 0 amide bonds. The van der Waals surface area contributed by atoms with E-state index in [-0.39, 0.29) is 0 Å². The molecule has 0 aliphatic heterocycles. The fourth-order valence-corrected chi connectivity index (χ4v) is 2.50. The number of allylic oxidation sites excluding steroid dienone is 4. The van der Waals surface area contributed by atoms with Crippen LogP contribution in [-0.4, -0.2) is 6.29 Å². The summed E-state index contributed by atoms with van der Waals surface area (Å²) in [4.78, 5) is 10.4. The first-order chi connectivity index (χ1) is 7.47. The summed E-state index contributed by atoms with van der Waals surface area (Å²) in [5, 5.41) is 0. The van der Waals surface area contributed by atoms with E-state index in [1.54, 1.807) is 0 Å². The van der Waals surface area contributed by atoms with Crippen molar-refractivity contribution < 1.29 is 4.79 Å². The maximum absolute atomic E-state index is 10.4. The van der Waals surface area contributed by atoms with Gasteiger partial charge in [-0.05, 0) is 43.1 Å². The largest absolute Gasteiger partial charge is 0.303 e. The monoisotopic (exact) mass is 220 g/mol. The lowest BCUT2D eigenvalue weighted by atomic mass is 9.72. The molecule has 0 bridgehead atoms. The van der Waals surface area contributed by atoms with E-state index in [1.165, 1.54) is 30.4 Å². The molecular weight excluding hydrogens is 196 g/mol. The molecule has 1 nitrogen and oxygen atoms in total. The molecule has 0 aromatic heterocycles. The molecule has 0 radical (unpaired) electrons. The van der Waals surface area contributed by atoms with Gasteiger partial charge in [0.25, 0.3) is 0 Å². The fraction of sp³-hybridized carbons (Fsp3) is 0.667. The summed E-state index contributed by atoms with van der Waals surface area (Å²) >= 11 is 0. The average Bonchev–Trinajstić information content (AvgIpc) is 2.16. The third-order valence-electron chi connectivity index (χ3n) is 3.60. The van der Waals surface area contributed by atoms with Gasteiger partial charge >= 0.3 is 0 Å². The Hall–Kier alpha value is -0.850. The van der Waals surface area contributed by atoms with Crippen LogP contribution in [0.5, 0.6) is 0 Å². The number of rotatable bonds is 4. The molecule has 1 aliphatic carbocycles. The molecule has 0 saturated carbocycles. The van der Waals surface area contributed by atoms with Crippen LogP contribution < -0.4 is 0 Å². The summed E-state index contributed by atoms with van der Waals surface area (Å²) in [6, 6.07) is 0. The molecule has 90 valence electrons. The number of aldehydes is 1. The van der Waals surface area contributed by atoms with E-state index >= 15 is 0 Å². The smallest absolute Gasteiger partial charge is 0.120 e. The van der Waals surface area contributed by atoms with Gasteiger partial charge in [0.15, 0.2) is 0 Å². The van der Waals surface area contributed by atoms with E-state index < -0.39 is 0 Å². The number of hydrogen-bond acceptors (Lipinski definition) is 1. The van der Waals surface area contributed by atoms with Gasteiger partial charge in [0.1, 0.15) is 6.29 Å². The second kappa shape index (κ2) is 5.47. The maximum Gasteiger partial charge on any atom is 0.120 e. The third kappa shape index (κ3) is 3.33. The summed E-state index contributed by atoms with van der Waals surface area (Å²) in [5.41, 5.74) is 3.31. The Balaban J connectivity index is 2.80. The minimum Gasteiger partial charge on any atom is -0.303 e. The Morgan fingerprint density at radius 1 is 1.44 bits per heavy atom. The molecule has 0 fully saturated rings. The van der Waals surface area contributed by atoms with Crippen LogP contribution in [0.2, 0.25) is 0 Å². The van der Waals surface area contributed by atoms with Crippen molar-refractivity contribution in [3.8, 4) is 0 Å². The lowest BCUT2D eigenvalue weighted by Crippen LogP contribution is -2.19. The number of carbonyl (C=O) groups is 1. The van der Waals surface area contributed by atoms with Crippen LogP contribution in [0.15, 0.2) is 23.3 Å². The zero-order valence-corrected chi connectivity index (χ0v) is 11.0. The van der Waals surface area contributed by atoms with E-state index in [0.29, 0.717) is 17.8 Å². The van der Waals surface area contributed by atoms with Gasteiger partial charge in [0, 0.05) is 6.42 Å². The normalized spacial score (nSPS) is 22.5. The van der Waals surface area contributed by atoms with Crippen molar-refractivity contribution in [1.82, 2.24) is 0 Å². The highest BCUT2D eigenvalue weighted by molar-refractivity contribution is 5.50. The molecule has 0 unspecified atom stereocenters. The predicted octanol–water partition coefficient (Wildman–Crippen LogP) is 4.29. The molecule has 16 heavy (non-hydrogen) atoms. The molecule has 1 heteroatoms. The van der Waals surface area contributed by atoms with Gasteiger partial charge in [-0.2, -0.15) is 0 Å². The molecule has 0 aromatic carbocycles. The van der Waals surface area contributed by atoms with Gasteiger partial charge in [0.2, 0.25) is 0 Å². The van der Waals surface area contributed by atoms with Gasteiger partial charge in [-0.3, -0.25) is 0 Å². The molecule has 0 saturated heterocycles. The topological polar surface area (TPSA) is 17.1 Å². The van der Waals surface area contributed by atoms with Crippen LogP contribution in [-0.2, 0) is 4.79 Å². The Kier molecular flexibility index (Phi) is 4.52. The van der Waals surface area contributed by atoms with E-state index in [1.807, 2.05) is 0 Å². The van der Waals surface area contributed by atoms with Crippen molar-refractivity contribution in [1.29, 1.82) is 0 Å². The number of carbonyl (C=O) groups excluding carboxylic acids is 1. The predicted molar refractivity (Wildman–Crippen MR) is 69.3 cm³/mol. The summed E-state index contributed by atoms with van der Waals surface area (Å²) < 4.78 is 0. The lowest BCUT2D eigenvalue weighted by molar-refractivity contribution is -0.108. The zero-order chi connectivity index (χ0) is 12.2. The Morgan fingerprint density at radius 2 is 2.12 bits per heavy atom. The first kappa shape index (κ1) is 13.2. The highest BCUT2D eigenvalue weighted by Crippen LogP contribution is 2.40. The minimum absolute atomic E-state index is 0.305. The fourth-order valence-electron chi connectivity index (χ4n) is 2.50. The SMILES string of the molecule is CC1=C(/C=C/[C@H](C)CC=O)C(C)(C)CCC1. The van der Waals surface area contributed by atoms with Crippen molar-refractivity contribution in [2.75, 3.05) is 0 Å². The highest BCUT2D eigenvalue weighted by Gasteiger charge is 2.26. The van der Waals surface area contributed by atoms with Crippen LogP contribution in [0.1, 0.15) is 53.4 Å². The zero-order valence-electron chi connectivity index (χ0n) is 11.0. The lowest BCUT2D eigenvalue weighted by Gasteiger charge is -2.33. The summed E-state index contributed by atoms with van der Waals surface area (Å²) in [6.07, 6.45) is 9.87. The van der Waals surface area contributed by atoms with E-state index in [0.717, 1.165) is 6.29 Å². The molecule has 1 atom stereocenters. The quantitative estimate of drug-likeness (QED) is 0.646. The van der Waals surface area contributed by atoms with Crippen LogP contribution in [0, 0.1) is 11.3 Å². The number of hydrogen-bond donors (Lipinski definition) is 0. The van der Waals surface area contributed by atoms with Crippen LogP contribution in [0.25, 0.3) is 0 Å². The average molecular weight is 220 g/mol. The molecule has 1 rings (SSSR count). The molecule has 0 heterocycles. The first-order valence-corrected chi connectivity index (χ1v) is 6.29. The molecule has 1 aliphatic rings. The summed E-state index contributed by atoms with van der Waals surface area (Å²) in [6.45, 7) is 8.97. The van der Waals surface area contributed by atoms with Crippen LogP contribution in [0.3, 0.4) is 0 Å². The van der Waals surface area contributed by atoms with E-state index in [2.05, 4.69) is 39.8 Å². The second-order valence-corrected chi connectivity index (χ2v) is 5.67. The minimum atomic E-state index is 0.305. The molecular formula is C15H24O. The van der Waals surface area contributed by atoms with Gasteiger partial charge in [-0.15, -0.1) is 0 Å². The first-order valence-electron chi connectivity index (χ1n) is 6.29. The van der Waals surface area contributed by atoms with E-state index in [4.69, 9.17) is 0 Å². The maximum atomic E-state index is 10.4.